The third kappa shape index (κ3) is 7.11. The summed E-state index contributed by atoms with van der Waals surface area (Å²) in [6.07, 6.45) is 10.3. The van der Waals surface area contributed by atoms with Crippen molar-refractivity contribution in [1.82, 2.24) is 15.3 Å². The van der Waals surface area contributed by atoms with E-state index in [9.17, 15) is 14.7 Å². The van der Waals surface area contributed by atoms with Crippen LogP contribution in [-0.2, 0) is 17.6 Å². The summed E-state index contributed by atoms with van der Waals surface area (Å²) >= 11 is 1.50. The van der Waals surface area contributed by atoms with Gasteiger partial charge in [0.25, 0.3) is 5.91 Å². The van der Waals surface area contributed by atoms with Gasteiger partial charge in [0, 0.05) is 24.0 Å². The second kappa shape index (κ2) is 12.4. The molecule has 0 unspecified atom stereocenters. The zero-order valence-corrected chi connectivity index (χ0v) is 20.7. The van der Waals surface area contributed by atoms with Crippen LogP contribution < -0.4 is 10.6 Å². The van der Waals surface area contributed by atoms with Gasteiger partial charge in [0.15, 0.2) is 0 Å². The lowest BCUT2D eigenvalue weighted by atomic mass is 10.0. The number of aryl methyl sites for hydroxylation is 2. The molecule has 1 aliphatic heterocycles. The van der Waals surface area contributed by atoms with Crippen LogP contribution in [0.2, 0.25) is 0 Å². The Bertz CT molecular complexity index is 1130. The quantitative estimate of drug-likeness (QED) is 0.295. The van der Waals surface area contributed by atoms with E-state index in [-0.39, 0.29) is 5.91 Å². The van der Waals surface area contributed by atoms with Crippen molar-refractivity contribution in [1.29, 1.82) is 0 Å². The molecule has 0 aliphatic carbocycles. The normalized spacial score (nSPS) is 13.5. The first-order chi connectivity index (χ1) is 17.1. The van der Waals surface area contributed by atoms with Crippen LogP contribution in [0, 0.1) is 0 Å². The monoisotopic (exact) mass is 492 g/mol. The minimum atomic E-state index is -0.996. The summed E-state index contributed by atoms with van der Waals surface area (Å²) in [4.78, 5) is 34.2. The molecule has 35 heavy (non-hydrogen) atoms. The van der Waals surface area contributed by atoms with E-state index in [2.05, 4.69) is 27.8 Å². The van der Waals surface area contributed by atoms with Crippen LogP contribution in [0.5, 0.6) is 0 Å². The number of carboxylic acid groups (broad SMARTS) is 1. The Morgan fingerprint density at radius 1 is 1.11 bits per heavy atom. The first kappa shape index (κ1) is 24.9. The summed E-state index contributed by atoms with van der Waals surface area (Å²) < 4.78 is 0. The van der Waals surface area contributed by atoms with Crippen LogP contribution in [0.3, 0.4) is 0 Å². The van der Waals surface area contributed by atoms with E-state index in [1.54, 1.807) is 29.9 Å². The van der Waals surface area contributed by atoms with Gasteiger partial charge in [0.05, 0.1) is 10.4 Å². The Morgan fingerprint density at radius 2 is 1.97 bits per heavy atom. The van der Waals surface area contributed by atoms with Gasteiger partial charge in [-0.3, -0.25) is 9.78 Å². The van der Waals surface area contributed by atoms with E-state index >= 15 is 0 Å². The van der Waals surface area contributed by atoms with E-state index in [1.807, 2.05) is 6.07 Å². The number of nitrogens with zero attached hydrogens (tertiary/aromatic N) is 2. The van der Waals surface area contributed by atoms with Gasteiger partial charge < -0.3 is 15.7 Å². The summed E-state index contributed by atoms with van der Waals surface area (Å²) in [6, 6.07) is 10.6. The molecule has 3 N–H and O–H groups in total. The summed E-state index contributed by atoms with van der Waals surface area (Å²) in [5.74, 6) is -0.314. The number of carbonyl (C=O) groups excluding carboxylic acids is 1. The van der Waals surface area contributed by atoms with E-state index in [0.717, 1.165) is 73.4 Å². The van der Waals surface area contributed by atoms with Crippen molar-refractivity contribution in [3.05, 3.63) is 64.9 Å². The van der Waals surface area contributed by atoms with E-state index < -0.39 is 12.0 Å². The first-order valence-corrected chi connectivity index (χ1v) is 13.2. The highest BCUT2D eigenvalue weighted by atomic mass is 32.1. The average molecular weight is 493 g/mol. The molecule has 4 rings (SSSR count). The van der Waals surface area contributed by atoms with Gasteiger partial charge in [0.1, 0.15) is 11.9 Å². The number of carboxylic acids is 1. The van der Waals surface area contributed by atoms with Crippen molar-refractivity contribution in [2.24, 2.45) is 0 Å². The van der Waals surface area contributed by atoms with Crippen LogP contribution in [-0.4, -0.2) is 39.5 Å². The molecule has 0 saturated heterocycles. The number of aromatic nitrogens is 2. The first-order valence-electron chi connectivity index (χ1n) is 12.4. The van der Waals surface area contributed by atoms with Crippen LogP contribution in [0.15, 0.2) is 48.1 Å². The Labute approximate surface area is 210 Å². The number of hydrogen-bond acceptors (Lipinski definition) is 6. The maximum Gasteiger partial charge on any atom is 0.326 e. The molecule has 0 spiro atoms. The molecule has 0 saturated carbocycles. The lowest BCUT2D eigenvalue weighted by molar-refractivity contribution is -0.139. The molecule has 8 heteroatoms. The minimum absolute atomic E-state index is 0.365. The van der Waals surface area contributed by atoms with Crippen LogP contribution >= 0.6 is 11.3 Å². The standard InChI is InChI=1S/C27H32N4O3S/c32-26(21-9-6-8-20(16-21)24-17-28-18-35-24)31-23(27(33)34)12-5-3-1-2-4-11-22-14-13-19-10-7-15-29-25(19)30-22/h6,8-9,13-14,16-18,23H,1-5,7,10-12,15H2,(H,29,30)(H,31,32)(H,33,34)/t23-/m1/s1. The number of fused-ring (bicyclic) bond motifs is 1. The number of aliphatic carboxylic acids is 1. The number of anilines is 1. The lowest BCUT2D eigenvalue weighted by Gasteiger charge is -2.17. The second-order valence-corrected chi connectivity index (χ2v) is 9.84. The summed E-state index contributed by atoms with van der Waals surface area (Å²) in [6.45, 7) is 1.00. The van der Waals surface area contributed by atoms with Crippen molar-refractivity contribution in [3.63, 3.8) is 0 Å². The van der Waals surface area contributed by atoms with Crippen LogP contribution in [0.1, 0.15) is 66.6 Å². The Kier molecular flexibility index (Phi) is 8.84. The number of hydrogen-bond donors (Lipinski definition) is 3. The molecule has 1 aliphatic rings. The molecule has 1 atom stereocenters. The van der Waals surface area contributed by atoms with Crippen LogP contribution in [0.4, 0.5) is 5.82 Å². The number of nitrogens with one attached hydrogen (secondary N) is 2. The van der Waals surface area contributed by atoms with Crippen molar-refractivity contribution < 1.29 is 14.7 Å². The lowest BCUT2D eigenvalue weighted by Crippen LogP contribution is -2.40. The number of benzene rings is 1. The van der Waals surface area contributed by atoms with Gasteiger partial charge in [-0.2, -0.15) is 0 Å². The molecular formula is C27H32N4O3S. The third-order valence-corrected chi connectivity index (χ3v) is 7.14. The average Bonchev–Trinajstić information content (AvgIpc) is 3.42. The number of carbonyl (C=O) groups is 2. The van der Waals surface area contributed by atoms with Crippen molar-refractivity contribution in [3.8, 4) is 10.4 Å². The van der Waals surface area contributed by atoms with Gasteiger partial charge in [-0.15, -0.1) is 11.3 Å². The molecule has 3 heterocycles. The van der Waals surface area contributed by atoms with E-state index in [1.165, 1.54) is 23.3 Å². The summed E-state index contributed by atoms with van der Waals surface area (Å²) in [5, 5.41) is 15.7. The zero-order valence-electron chi connectivity index (χ0n) is 19.8. The predicted octanol–water partition coefficient (Wildman–Crippen LogP) is 5.33. The maximum atomic E-state index is 12.7. The maximum absolute atomic E-state index is 12.7. The molecule has 0 fully saturated rings. The van der Waals surface area contributed by atoms with Crippen molar-refractivity contribution in [2.45, 2.75) is 63.8 Å². The Morgan fingerprint density at radius 3 is 2.80 bits per heavy atom. The van der Waals surface area contributed by atoms with Crippen LogP contribution in [0.25, 0.3) is 10.4 Å². The minimum Gasteiger partial charge on any atom is -0.480 e. The fourth-order valence-electron chi connectivity index (χ4n) is 4.36. The fourth-order valence-corrected chi connectivity index (χ4v) is 4.98. The van der Waals surface area contributed by atoms with Crippen molar-refractivity contribution in [2.75, 3.05) is 11.9 Å². The highest BCUT2D eigenvalue weighted by Crippen LogP contribution is 2.24. The molecule has 1 aromatic carbocycles. The highest BCUT2D eigenvalue weighted by molar-refractivity contribution is 7.13. The number of rotatable bonds is 12. The number of unbranched alkanes of at least 4 members (excludes halogenated alkanes) is 4. The largest absolute Gasteiger partial charge is 0.480 e. The molecule has 1 amide bonds. The highest BCUT2D eigenvalue weighted by Gasteiger charge is 2.20. The Balaban J connectivity index is 1.17. The molecule has 2 aromatic heterocycles. The summed E-state index contributed by atoms with van der Waals surface area (Å²) in [5.41, 5.74) is 5.53. The smallest absolute Gasteiger partial charge is 0.326 e. The zero-order chi connectivity index (χ0) is 24.5. The predicted molar refractivity (Wildman–Crippen MR) is 139 cm³/mol. The van der Waals surface area contributed by atoms with Crippen molar-refractivity contribution >= 4 is 29.0 Å². The van der Waals surface area contributed by atoms with Gasteiger partial charge in [-0.25, -0.2) is 9.78 Å². The SMILES string of the molecule is O=C(N[C@H](CCCCCCCc1ccc2c(n1)NCCC2)C(=O)O)c1cccc(-c2cncs2)c1. The number of amides is 1. The van der Waals surface area contributed by atoms with Gasteiger partial charge in [-0.05, 0) is 61.4 Å². The molecule has 0 bridgehead atoms. The van der Waals surface area contributed by atoms with Gasteiger partial charge in [-0.1, -0.05) is 43.9 Å². The number of thiazole rings is 1. The molecular weight excluding hydrogens is 460 g/mol. The Hall–Kier alpha value is -3.26. The van der Waals surface area contributed by atoms with E-state index in [0.29, 0.717) is 12.0 Å². The second-order valence-electron chi connectivity index (χ2n) is 8.96. The van der Waals surface area contributed by atoms with E-state index in [4.69, 9.17) is 4.98 Å². The fraction of sp³-hybridized carbons (Fsp3) is 0.407. The third-order valence-electron chi connectivity index (χ3n) is 6.32. The molecule has 184 valence electrons. The van der Waals surface area contributed by atoms with Gasteiger partial charge in [0.2, 0.25) is 0 Å². The summed E-state index contributed by atoms with van der Waals surface area (Å²) in [7, 11) is 0. The molecule has 3 aromatic rings. The number of pyridine rings is 1. The topological polar surface area (TPSA) is 104 Å². The molecule has 7 nitrogen and oxygen atoms in total. The van der Waals surface area contributed by atoms with Gasteiger partial charge >= 0.3 is 5.97 Å². The molecule has 0 radical (unpaired) electrons.